The molecule has 2 rings (SSSR count). The van der Waals surface area contributed by atoms with E-state index in [0.717, 1.165) is 23.5 Å². The first-order valence-electron chi connectivity index (χ1n) is 8.38. The molecule has 1 amide bonds. The van der Waals surface area contributed by atoms with E-state index < -0.39 is 0 Å². The molecule has 0 aliphatic heterocycles. The number of nitrogens with zero attached hydrogens (tertiary/aromatic N) is 1. The Bertz CT molecular complexity index is 792. The zero-order chi connectivity index (χ0) is 18.4. The summed E-state index contributed by atoms with van der Waals surface area (Å²) in [6.45, 7) is 7.61. The molecule has 0 saturated heterocycles. The van der Waals surface area contributed by atoms with Crippen LogP contribution in [0.2, 0.25) is 0 Å². The van der Waals surface area contributed by atoms with E-state index in [4.69, 9.17) is 4.74 Å². The number of H-pyrrole nitrogens is 1. The Morgan fingerprint density at radius 2 is 2.08 bits per heavy atom. The fraction of sp³-hybridized carbons (Fsp3) is 0.444. The topological polar surface area (TPSA) is 88.2 Å². The number of aryl methyl sites for hydroxylation is 1. The summed E-state index contributed by atoms with van der Waals surface area (Å²) in [5.41, 5.74) is 3.61. The molecule has 0 radical (unpaired) electrons. The Balaban J connectivity index is 2.12. The number of benzene rings is 1. The van der Waals surface area contributed by atoms with Gasteiger partial charge >= 0.3 is 0 Å². The first kappa shape index (κ1) is 18.8. The molecule has 1 aromatic carbocycles. The number of rotatable bonds is 8. The van der Waals surface area contributed by atoms with Crippen LogP contribution in [-0.2, 0) is 17.8 Å². The van der Waals surface area contributed by atoms with Gasteiger partial charge in [-0.25, -0.2) is 0 Å². The van der Waals surface area contributed by atoms with Crippen molar-refractivity contribution in [1.82, 2.24) is 15.1 Å². The summed E-state index contributed by atoms with van der Waals surface area (Å²) < 4.78 is 6.49. The highest BCUT2D eigenvalue weighted by Crippen LogP contribution is 2.18. The summed E-state index contributed by atoms with van der Waals surface area (Å²) in [5, 5.41) is 9.09. The predicted molar refractivity (Wildman–Crippen MR) is 98.2 cm³/mol. The quantitative estimate of drug-likeness (QED) is 0.680. The normalized spacial score (nSPS) is 10.7. The lowest BCUT2D eigenvalue weighted by atomic mass is 10.1. The smallest absolute Gasteiger partial charge is 0.271 e. The predicted octanol–water partition coefficient (Wildman–Crippen LogP) is 1.80. The maximum absolute atomic E-state index is 12.5. The molecule has 1 heterocycles. The molecule has 0 saturated carbocycles. The van der Waals surface area contributed by atoms with E-state index in [1.54, 1.807) is 13.2 Å². The maximum atomic E-state index is 12.5. The van der Waals surface area contributed by atoms with Gasteiger partial charge in [0.05, 0.1) is 25.3 Å². The highest BCUT2D eigenvalue weighted by molar-refractivity contribution is 5.97. The van der Waals surface area contributed by atoms with E-state index in [1.165, 1.54) is 4.68 Å². The molecule has 0 fully saturated rings. The number of carbonyl (C=O) groups is 1. The van der Waals surface area contributed by atoms with Crippen LogP contribution < -0.4 is 16.2 Å². The molecule has 7 heteroatoms. The van der Waals surface area contributed by atoms with E-state index in [-0.39, 0.29) is 18.0 Å². The molecule has 0 aliphatic carbocycles. The molecule has 2 aromatic rings. The molecule has 136 valence electrons. The monoisotopic (exact) mass is 346 g/mol. The molecule has 0 spiro atoms. The lowest BCUT2D eigenvalue weighted by Gasteiger charge is -2.12. The third-order valence-corrected chi connectivity index (χ3v) is 4.15. The fourth-order valence-electron chi connectivity index (χ4n) is 2.72. The van der Waals surface area contributed by atoms with Gasteiger partial charge in [-0.3, -0.25) is 19.4 Å². The van der Waals surface area contributed by atoms with Crippen LogP contribution in [0, 0.1) is 13.8 Å². The van der Waals surface area contributed by atoms with Crippen LogP contribution in [0.5, 0.6) is 0 Å². The minimum absolute atomic E-state index is 0.132. The van der Waals surface area contributed by atoms with Crippen molar-refractivity contribution in [3.63, 3.8) is 0 Å². The highest BCUT2D eigenvalue weighted by atomic mass is 16.5. The van der Waals surface area contributed by atoms with E-state index in [9.17, 15) is 9.59 Å². The number of hydrogen-bond acceptors (Lipinski definition) is 4. The molecule has 0 atom stereocenters. The van der Waals surface area contributed by atoms with Gasteiger partial charge in [0.15, 0.2) is 0 Å². The first-order valence-corrected chi connectivity index (χ1v) is 8.38. The molecule has 1 aromatic heterocycles. The van der Waals surface area contributed by atoms with E-state index in [2.05, 4.69) is 15.7 Å². The van der Waals surface area contributed by atoms with Gasteiger partial charge in [0, 0.05) is 30.6 Å². The number of amides is 1. The van der Waals surface area contributed by atoms with Crippen LogP contribution in [-0.4, -0.2) is 35.9 Å². The van der Waals surface area contributed by atoms with Gasteiger partial charge in [0.2, 0.25) is 0 Å². The zero-order valence-corrected chi connectivity index (χ0v) is 15.2. The van der Waals surface area contributed by atoms with E-state index in [1.807, 2.05) is 32.9 Å². The number of aromatic nitrogens is 2. The second kappa shape index (κ2) is 8.53. The Morgan fingerprint density at radius 1 is 1.32 bits per heavy atom. The molecule has 25 heavy (non-hydrogen) atoms. The van der Waals surface area contributed by atoms with Crippen molar-refractivity contribution >= 4 is 11.6 Å². The minimum atomic E-state index is -0.194. The van der Waals surface area contributed by atoms with Crippen LogP contribution in [0.25, 0.3) is 0 Å². The summed E-state index contributed by atoms with van der Waals surface area (Å²) in [4.78, 5) is 24.9. The van der Waals surface area contributed by atoms with E-state index in [0.29, 0.717) is 24.3 Å². The lowest BCUT2D eigenvalue weighted by molar-refractivity contribution is 0.0950. The number of hydrogen-bond donors (Lipinski definition) is 3. The molecule has 0 unspecified atom stereocenters. The molecule has 7 nitrogen and oxygen atoms in total. The van der Waals surface area contributed by atoms with Gasteiger partial charge in [-0.2, -0.15) is 0 Å². The molecular formula is C18H26N4O3. The third kappa shape index (κ3) is 4.30. The third-order valence-electron chi connectivity index (χ3n) is 4.15. The van der Waals surface area contributed by atoms with Crippen LogP contribution in [0.4, 0.5) is 5.69 Å². The largest absolute Gasteiger partial charge is 0.385 e. The summed E-state index contributed by atoms with van der Waals surface area (Å²) in [6, 6.07) is 5.58. The second-order valence-corrected chi connectivity index (χ2v) is 5.86. The van der Waals surface area contributed by atoms with Gasteiger partial charge in [-0.1, -0.05) is 6.07 Å². The molecule has 0 bridgehead atoms. The summed E-state index contributed by atoms with van der Waals surface area (Å²) >= 11 is 0. The molecule has 0 aliphatic rings. The Hall–Kier alpha value is -2.54. The van der Waals surface area contributed by atoms with Crippen LogP contribution in [0.1, 0.15) is 34.1 Å². The zero-order valence-electron chi connectivity index (χ0n) is 15.2. The van der Waals surface area contributed by atoms with Crippen molar-refractivity contribution in [2.45, 2.75) is 33.9 Å². The average Bonchev–Trinajstić information content (AvgIpc) is 2.86. The minimum Gasteiger partial charge on any atom is -0.385 e. The van der Waals surface area contributed by atoms with Crippen LogP contribution in [0.15, 0.2) is 23.0 Å². The molecule has 3 N–H and O–H groups in total. The van der Waals surface area contributed by atoms with Crippen LogP contribution in [0.3, 0.4) is 0 Å². The SMILES string of the molecule is CCNc1cccc(C(=O)NCc2c(C)[nH]n(CCOC)c2=O)c1C. The fourth-order valence-corrected chi connectivity index (χ4v) is 2.72. The van der Waals surface area contributed by atoms with Gasteiger partial charge in [-0.15, -0.1) is 0 Å². The number of aromatic amines is 1. The van der Waals surface area contributed by atoms with Gasteiger partial charge < -0.3 is 15.4 Å². The molecular weight excluding hydrogens is 320 g/mol. The van der Waals surface area contributed by atoms with Crippen molar-refractivity contribution in [3.05, 3.63) is 50.9 Å². The highest BCUT2D eigenvalue weighted by Gasteiger charge is 2.15. The Labute approximate surface area is 147 Å². The maximum Gasteiger partial charge on any atom is 0.271 e. The van der Waals surface area contributed by atoms with Gasteiger partial charge in [0.1, 0.15) is 0 Å². The van der Waals surface area contributed by atoms with Crippen molar-refractivity contribution in [1.29, 1.82) is 0 Å². The van der Waals surface area contributed by atoms with Gasteiger partial charge in [-0.05, 0) is 38.5 Å². The summed E-state index contributed by atoms with van der Waals surface area (Å²) in [5.74, 6) is -0.194. The van der Waals surface area contributed by atoms with Gasteiger partial charge in [0.25, 0.3) is 11.5 Å². The lowest BCUT2D eigenvalue weighted by Crippen LogP contribution is -2.28. The Kier molecular flexibility index (Phi) is 6.41. The average molecular weight is 346 g/mol. The van der Waals surface area contributed by atoms with Crippen molar-refractivity contribution in [2.24, 2.45) is 0 Å². The number of nitrogens with one attached hydrogen (secondary N) is 3. The van der Waals surface area contributed by atoms with Crippen molar-refractivity contribution in [3.8, 4) is 0 Å². The summed E-state index contributed by atoms with van der Waals surface area (Å²) in [7, 11) is 1.59. The van der Waals surface area contributed by atoms with Crippen LogP contribution >= 0.6 is 0 Å². The van der Waals surface area contributed by atoms with Crippen molar-refractivity contribution < 1.29 is 9.53 Å². The Morgan fingerprint density at radius 3 is 2.76 bits per heavy atom. The number of methoxy groups -OCH3 is 1. The number of anilines is 1. The van der Waals surface area contributed by atoms with E-state index >= 15 is 0 Å². The first-order chi connectivity index (χ1) is 12.0. The number of ether oxygens (including phenoxy) is 1. The summed E-state index contributed by atoms with van der Waals surface area (Å²) in [6.07, 6.45) is 0. The van der Waals surface area contributed by atoms with Crippen molar-refractivity contribution in [2.75, 3.05) is 25.6 Å². The standard InChI is InChI=1S/C18H26N4O3/c1-5-19-16-8-6-7-14(12(16)2)17(23)20-11-15-13(3)21-22(18(15)24)9-10-25-4/h6-8,19,21H,5,9-11H2,1-4H3,(H,20,23). The second-order valence-electron chi connectivity index (χ2n) is 5.86. The number of carbonyl (C=O) groups excluding carboxylic acids is 1.